The van der Waals surface area contributed by atoms with Gasteiger partial charge in [-0.3, -0.25) is 4.79 Å². The maximum absolute atomic E-state index is 12.8. The average molecular weight is 311 g/mol. The fourth-order valence-electron chi connectivity index (χ4n) is 2.47. The molecular weight excluding hydrogens is 286 g/mol. The minimum atomic E-state index is -0.511. The molecule has 1 atom stereocenters. The van der Waals surface area contributed by atoms with Gasteiger partial charge in [0.25, 0.3) is 5.91 Å². The van der Waals surface area contributed by atoms with E-state index in [0.717, 1.165) is 16.9 Å². The van der Waals surface area contributed by atoms with Crippen LogP contribution in [0.4, 0.5) is 0 Å². The van der Waals surface area contributed by atoms with Gasteiger partial charge in [0.1, 0.15) is 5.75 Å². The van der Waals surface area contributed by atoms with Gasteiger partial charge in [-0.1, -0.05) is 42.5 Å². The molecule has 1 amide bonds. The number of carbonyl (C=O) groups excluding carboxylic acids is 1. The molecule has 0 radical (unpaired) electrons. The van der Waals surface area contributed by atoms with Crippen LogP contribution in [0.15, 0.2) is 54.6 Å². The van der Waals surface area contributed by atoms with Gasteiger partial charge in [0.15, 0.2) is 6.10 Å². The molecule has 0 bridgehead atoms. The number of ether oxygens (including phenoxy) is 1. The molecule has 0 aliphatic carbocycles. The summed E-state index contributed by atoms with van der Waals surface area (Å²) in [5, 5.41) is 0. The summed E-state index contributed by atoms with van der Waals surface area (Å²) < 4.78 is 5.83. The van der Waals surface area contributed by atoms with Gasteiger partial charge in [-0.2, -0.15) is 0 Å². The van der Waals surface area contributed by atoms with Crippen LogP contribution in [0.5, 0.6) is 5.75 Å². The monoisotopic (exact) mass is 311 g/mol. The molecule has 0 spiro atoms. The highest BCUT2D eigenvalue weighted by molar-refractivity contribution is 5.81. The lowest BCUT2D eigenvalue weighted by atomic mass is 10.1. The number of rotatable bonds is 6. The molecule has 0 heterocycles. The van der Waals surface area contributed by atoms with Gasteiger partial charge in [-0.25, -0.2) is 0 Å². The van der Waals surface area contributed by atoms with Gasteiger partial charge in [-0.15, -0.1) is 0 Å². The summed E-state index contributed by atoms with van der Waals surface area (Å²) in [7, 11) is 0. The second-order valence-electron chi connectivity index (χ2n) is 6.12. The van der Waals surface area contributed by atoms with Gasteiger partial charge in [0.2, 0.25) is 0 Å². The Morgan fingerprint density at radius 2 is 1.74 bits per heavy atom. The molecule has 1 unspecified atom stereocenters. The zero-order valence-corrected chi connectivity index (χ0v) is 14.3. The van der Waals surface area contributed by atoms with Crippen molar-refractivity contribution < 1.29 is 9.53 Å². The third-order valence-corrected chi connectivity index (χ3v) is 3.75. The predicted octanol–water partition coefficient (Wildman–Crippen LogP) is 4.20. The van der Waals surface area contributed by atoms with Gasteiger partial charge in [-0.05, 0) is 51.0 Å². The Labute approximate surface area is 138 Å². The third-order valence-electron chi connectivity index (χ3n) is 3.75. The number of hydrogen-bond acceptors (Lipinski definition) is 2. The summed E-state index contributed by atoms with van der Waals surface area (Å²) in [6, 6.07) is 17.9. The SMILES string of the molecule is Cc1cccc(OC(C)C(=O)N(Cc2ccccc2)C(C)C)c1. The summed E-state index contributed by atoms with van der Waals surface area (Å²) in [6.07, 6.45) is -0.511. The van der Waals surface area contributed by atoms with E-state index in [1.807, 2.05) is 87.2 Å². The smallest absolute Gasteiger partial charge is 0.263 e. The van der Waals surface area contributed by atoms with Gasteiger partial charge in [0, 0.05) is 12.6 Å². The molecule has 0 aromatic heterocycles. The Hall–Kier alpha value is -2.29. The topological polar surface area (TPSA) is 29.5 Å². The maximum Gasteiger partial charge on any atom is 0.263 e. The molecule has 2 rings (SSSR count). The Morgan fingerprint density at radius 3 is 2.35 bits per heavy atom. The summed E-state index contributed by atoms with van der Waals surface area (Å²) in [4.78, 5) is 14.6. The molecule has 0 N–H and O–H groups in total. The summed E-state index contributed by atoms with van der Waals surface area (Å²) in [5.74, 6) is 0.736. The second kappa shape index (κ2) is 7.82. The zero-order valence-electron chi connectivity index (χ0n) is 14.3. The predicted molar refractivity (Wildman–Crippen MR) is 93.4 cm³/mol. The highest BCUT2D eigenvalue weighted by Gasteiger charge is 2.24. The first kappa shape index (κ1) is 17.1. The summed E-state index contributed by atoms with van der Waals surface area (Å²) in [6.45, 7) is 8.47. The molecule has 2 aromatic carbocycles. The van der Waals surface area contributed by atoms with E-state index in [9.17, 15) is 4.79 Å². The van der Waals surface area contributed by atoms with Crippen LogP contribution in [0.1, 0.15) is 31.9 Å². The van der Waals surface area contributed by atoms with Crippen LogP contribution in [0.25, 0.3) is 0 Å². The molecule has 0 saturated carbocycles. The average Bonchev–Trinajstić information content (AvgIpc) is 2.52. The van der Waals surface area contributed by atoms with E-state index in [2.05, 4.69) is 0 Å². The quantitative estimate of drug-likeness (QED) is 0.800. The molecule has 0 fully saturated rings. The van der Waals surface area contributed by atoms with Gasteiger partial charge >= 0.3 is 0 Å². The van der Waals surface area contributed by atoms with Crippen molar-refractivity contribution >= 4 is 5.91 Å². The molecule has 0 saturated heterocycles. The molecule has 3 nitrogen and oxygen atoms in total. The minimum absolute atomic E-state index is 0.00496. The first-order valence-electron chi connectivity index (χ1n) is 8.05. The molecule has 23 heavy (non-hydrogen) atoms. The molecule has 122 valence electrons. The van der Waals surface area contributed by atoms with Crippen molar-refractivity contribution in [3.8, 4) is 5.75 Å². The van der Waals surface area contributed by atoms with E-state index in [4.69, 9.17) is 4.74 Å². The molecule has 3 heteroatoms. The standard InChI is InChI=1S/C20H25NO2/c1-15(2)21(14-18-10-6-5-7-11-18)20(22)17(4)23-19-12-8-9-16(3)13-19/h5-13,15,17H,14H2,1-4H3. The number of hydrogen-bond donors (Lipinski definition) is 0. The number of benzene rings is 2. The summed E-state index contributed by atoms with van der Waals surface area (Å²) >= 11 is 0. The maximum atomic E-state index is 12.8. The van der Waals surface area contributed by atoms with Crippen LogP contribution in [-0.2, 0) is 11.3 Å². The van der Waals surface area contributed by atoms with E-state index < -0.39 is 6.10 Å². The van der Waals surface area contributed by atoms with Gasteiger partial charge < -0.3 is 9.64 Å². The first-order chi connectivity index (χ1) is 11.0. The van der Waals surface area contributed by atoms with Crippen LogP contribution in [0.2, 0.25) is 0 Å². The van der Waals surface area contributed by atoms with Crippen LogP contribution < -0.4 is 4.74 Å². The molecule has 0 aliphatic heterocycles. The van der Waals surface area contributed by atoms with E-state index in [-0.39, 0.29) is 11.9 Å². The Kier molecular flexibility index (Phi) is 5.80. The third kappa shape index (κ3) is 4.85. The molecular formula is C20H25NO2. The lowest BCUT2D eigenvalue weighted by Gasteiger charge is -2.29. The van der Waals surface area contributed by atoms with E-state index in [0.29, 0.717) is 6.54 Å². The Balaban J connectivity index is 2.07. The normalized spacial score (nSPS) is 12.0. The van der Waals surface area contributed by atoms with Crippen molar-refractivity contribution in [2.45, 2.75) is 46.4 Å². The van der Waals surface area contributed by atoms with E-state index in [1.54, 1.807) is 0 Å². The van der Waals surface area contributed by atoms with E-state index in [1.165, 1.54) is 0 Å². The van der Waals surface area contributed by atoms with Crippen LogP contribution >= 0.6 is 0 Å². The van der Waals surface area contributed by atoms with Crippen molar-refractivity contribution in [2.75, 3.05) is 0 Å². The zero-order chi connectivity index (χ0) is 16.8. The van der Waals surface area contributed by atoms with Crippen molar-refractivity contribution in [1.29, 1.82) is 0 Å². The molecule has 0 aliphatic rings. The summed E-state index contributed by atoms with van der Waals surface area (Å²) in [5.41, 5.74) is 2.24. The van der Waals surface area contributed by atoms with Crippen molar-refractivity contribution in [3.63, 3.8) is 0 Å². The number of amides is 1. The van der Waals surface area contributed by atoms with E-state index >= 15 is 0 Å². The fourth-order valence-corrected chi connectivity index (χ4v) is 2.47. The number of nitrogens with zero attached hydrogens (tertiary/aromatic N) is 1. The largest absolute Gasteiger partial charge is 0.481 e. The van der Waals surface area contributed by atoms with Gasteiger partial charge in [0.05, 0.1) is 0 Å². The van der Waals surface area contributed by atoms with Crippen molar-refractivity contribution in [1.82, 2.24) is 4.90 Å². The highest BCUT2D eigenvalue weighted by Crippen LogP contribution is 2.17. The second-order valence-corrected chi connectivity index (χ2v) is 6.12. The minimum Gasteiger partial charge on any atom is -0.481 e. The lowest BCUT2D eigenvalue weighted by molar-refractivity contribution is -0.140. The lowest BCUT2D eigenvalue weighted by Crippen LogP contribution is -2.43. The highest BCUT2D eigenvalue weighted by atomic mass is 16.5. The molecule has 2 aromatic rings. The Bertz CT molecular complexity index is 637. The Morgan fingerprint density at radius 1 is 1.04 bits per heavy atom. The number of aryl methyl sites for hydroxylation is 1. The van der Waals surface area contributed by atoms with Crippen LogP contribution in [-0.4, -0.2) is 23.0 Å². The van der Waals surface area contributed by atoms with Crippen molar-refractivity contribution in [2.24, 2.45) is 0 Å². The van der Waals surface area contributed by atoms with Crippen molar-refractivity contribution in [3.05, 3.63) is 65.7 Å². The number of carbonyl (C=O) groups is 1. The van der Waals surface area contributed by atoms with Crippen LogP contribution in [0.3, 0.4) is 0 Å². The first-order valence-corrected chi connectivity index (χ1v) is 8.05. The van der Waals surface area contributed by atoms with Crippen LogP contribution in [0, 0.1) is 6.92 Å². The fraction of sp³-hybridized carbons (Fsp3) is 0.350.